The van der Waals surface area contributed by atoms with Crippen LogP contribution in [0.2, 0.25) is 0 Å². The highest BCUT2D eigenvalue weighted by Gasteiger charge is 2.38. The van der Waals surface area contributed by atoms with Gasteiger partial charge < -0.3 is 0 Å². The van der Waals surface area contributed by atoms with Gasteiger partial charge in [0.1, 0.15) is 5.78 Å². The zero-order chi connectivity index (χ0) is 11.8. The quantitative estimate of drug-likeness (QED) is 0.664. The van der Waals surface area contributed by atoms with E-state index in [4.69, 9.17) is 0 Å². The summed E-state index contributed by atoms with van der Waals surface area (Å²) in [6.07, 6.45) is 0. The van der Waals surface area contributed by atoms with Crippen LogP contribution in [0.1, 0.15) is 41.5 Å². The Balaban J connectivity index is 2.76. The number of hydrogen-bond donors (Lipinski definition) is 0. The van der Waals surface area contributed by atoms with E-state index >= 15 is 0 Å². The van der Waals surface area contributed by atoms with Gasteiger partial charge in [0.25, 0.3) is 0 Å². The molecule has 2 heteroatoms. The minimum absolute atomic E-state index is 0.117. The SMILES string of the molecule is CC(C)[C@@H]1C(=O)CN(C(C)(C)C)C[C@H]1C. The van der Waals surface area contributed by atoms with E-state index in [0.29, 0.717) is 24.2 Å². The van der Waals surface area contributed by atoms with E-state index in [2.05, 4.69) is 46.4 Å². The maximum atomic E-state index is 12.1. The summed E-state index contributed by atoms with van der Waals surface area (Å²) in [5.74, 6) is 1.67. The Bertz CT molecular complexity index is 239. The molecule has 1 rings (SSSR count). The van der Waals surface area contributed by atoms with Crippen LogP contribution in [0.3, 0.4) is 0 Å². The lowest BCUT2D eigenvalue weighted by Crippen LogP contribution is -2.54. The smallest absolute Gasteiger partial charge is 0.150 e. The standard InChI is InChI=1S/C13H25NO/c1-9(2)12-10(3)7-14(8-11(12)15)13(4,5)6/h9-10,12H,7-8H2,1-6H3/t10-,12+/m1/s1. The molecule has 0 aliphatic carbocycles. The highest BCUT2D eigenvalue weighted by atomic mass is 16.1. The number of Topliss-reactive ketones (excluding diaryl/α,β-unsaturated/α-hetero) is 1. The Kier molecular flexibility index (Phi) is 3.59. The zero-order valence-electron chi connectivity index (χ0n) is 11.0. The van der Waals surface area contributed by atoms with Crippen molar-refractivity contribution in [1.82, 2.24) is 4.90 Å². The van der Waals surface area contributed by atoms with Crippen LogP contribution >= 0.6 is 0 Å². The van der Waals surface area contributed by atoms with Gasteiger partial charge in [-0.3, -0.25) is 9.69 Å². The fourth-order valence-corrected chi connectivity index (χ4v) is 2.68. The third-order valence-electron chi connectivity index (χ3n) is 3.51. The van der Waals surface area contributed by atoms with Crippen LogP contribution in [0.5, 0.6) is 0 Å². The molecule has 0 N–H and O–H groups in total. The molecule has 1 saturated heterocycles. The first kappa shape index (κ1) is 12.7. The third-order valence-corrected chi connectivity index (χ3v) is 3.51. The lowest BCUT2D eigenvalue weighted by Gasteiger charge is -2.44. The van der Waals surface area contributed by atoms with Gasteiger partial charge in [-0.2, -0.15) is 0 Å². The largest absolute Gasteiger partial charge is 0.298 e. The van der Waals surface area contributed by atoms with Crippen LogP contribution in [0.25, 0.3) is 0 Å². The summed E-state index contributed by atoms with van der Waals surface area (Å²) in [6.45, 7) is 14.8. The van der Waals surface area contributed by atoms with Crippen LogP contribution < -0.4 is 0 Å². The lowest BCUT2D eigenvalue weighted by molar-refractivity contribution is -0.133. The Labute approximate surface area is 94.0 Å². The van der Waals surface area contributed by atoms with Gasteiger partial charge >= 0.3 is 0 Å². The van der Waals surface area contributed by atoms with Gasteiger partial charge in [-0.05, 0) is 32.6 Å². The van der Waals surface area contributed by atoms with E-state index in [-0.39, 0.29) is 11.5 Å². The number of likely N-dealkylation sites (tertiary alicyclic amines) is 1. The summed E-state index contributed by atoms with van der Waals surface area (Å²) in [6, 6.07) is 0. The van der Waals surface area contributed by atoms with Gasteiger partial charge in [-0.25, -0.2) is 0 Å². The predicted octanol–water partition coefficient (Wildman–Crippen LogP) is 2.58. The Morgan fingerprint density at radius 2 is 1.87 bits per heavy atom. The van der Waals surface area contributed by atoms with Gasteiger partial charge in [-0.1, -0.05) is 20.8 Å². The molecule has 1 aliphatic heterocycles. The summed E-state index contributed by atoms with van der Waals surface area (Å²) < 4.78 is 0. The number of carbonyl (C=O) groups is 1. The van der Waals surface area contributed by atoms with E-state index < -0.39 is 0 Å². The second kappa shape index (κ2) is 4.25. The molecule has 0 aromatic heterocycles. The lowest BCUT2D eigenvalue weighted by atomic mass is 9.77. The van der Waals surface area contributed by atoms with Gasteiger partial charge in [-0.15, -0.1) is 0 Å². The maximum Gasteiger partial charge on any atom is 0.150 e. The molecule has 0 radical (unpaired) electrons. The number of rotatable bonds is 1. The number of piperidine rings is 1. The van der Waals surface area contributed by atoms with Crippen molar-refractivity contribution < 1.29 is 4.79 Å². The molecule has 88 valence electrons. The highest BCUT2D eigenvalue weighted by molar-refractivity contribution is 5.84. The first-order valence-corrected chi connectivity index (χ1v) is 6.01. The average molecular weight is 211 g/mol. The van der Waals surface area contributed by atoms with Gasteiger partial charge in [0, 0.05) is 18.0 Å². The van der Waals surface area contributed by atoms with E-state index in [1.807, 2.05) is 0 Å². The zero-order valence-corrected chi connectivity index (χ0v) is 11.0. The summed E-state index contributed by atoms with van der Waals surface area (Å²) >= 11 is 0. The molecular weight excluding hydrogens is 186 g/mol. The molecule has 1 aliphatic rings. The molecule has 2 nitrogen and oxygen atoms in total. The first-order valence-electron chi connectivity index (χ1n) is 6.01. The van der Waals surface area contributed by atoms with Crippen LogP contribution in [-0.2, 0) is 4.79 Å². The van der Waals surface area contributed by atoms with Crippen LogP contribution in [0.15, 0.2) is 0 Å². The van der Waals surface area contributed by atoms with Crippen LogP contribution in [0.4, 0.5) is 0 Å². The molecule has 1 fully saturated rings. The van der Waals surface area contributed by atoms with Crippen LogP contribution in [-0.4, -0.2) is 29.3 Å². The van der Waals surface area contributed by atoms with E-state index in [0.717, 1.165) is 6.54 Å². The van der Waals surface area contributed by atoms with Crippen molar-refractivity contribution >= 4 is 5.78 Å². The molecule has 15 heavy (non-hydrogen) atoms. The normalized spacial score (nSPS) is 29.9. The highest BCUT2D eigenvalue weighted by Crippen LogP contribution is 2.30. The monoisotopic (exact) mass is 211 g/mol. The number of ketones is 1. The molecule has 0 bridgehead atoms. The molecule has 0 amide bonds. The topological polar surface area (TPSA) is 20.3 Å². The minimum Gasteiger partial charge on any atom is -0.298 e. The van der Waals surface area contributed by atoms with Gasteiger partial charge in [0.05, 0.1) is 6.54 Å². The van der Waals surface area contributed by atoms with Crippen molar-refractivity contribution in [3.8, 4) is 0 Å². The van der Waals surface area contributed by atoms with Crippen LogP contribution in [0, 0.1) is 17.8 Å². The fraction of sp³-hybridized carbons (Fsp3) is 0.923. The Morgan fingerprint density at radius 3 is 2.20 bits per heavy atom. The van der Waals surface area contributed by atoms with Crippen molar-refractivity contribution in [1.29, 1.82) is 0 Å². The van der Waals surface area contributed by atoms with Crippen molar-refractivity contribution in [2.45, 2.75) is 47.1 Å². The average Bonchev–Trinajstić information content (AvgIpc) is 1.99. The van der Waals surface area contributed by atoms with Crippen molar-refractivity contribution in [2.24, 2.45) is 17.8 Å². The van der Waals surface area contributed by atoms with E-state index in [1.54, 1.807) is 0 Å². The third kappa shape index (κ3) is 2.81. The van der Waals surface area contributed by atoms with Crippen molar-refractivity contribution in [2.75, 3.05) is 13.1 Å². The molecular formula is C13H25NO. The van der Waals surface area contributed by atoms with Gasteiger partial charge in [0.2, 0.25) is 0 Å². The Hall–Kier alpha value is -0.370. The van der Waals surface area contributed by atoms with Crippen molar-refractivity contribution in [3.63, 3.8) is 0 Å². The summed E-state index contributed by atoms with van der Waals surface area (Å²) in [5.41, 5.74) is 0.117. The number of carbonyl (C=O) groups excluding carboxylic acids is 1. The predicted molar refractivity (Wildman–Crippen MR) is 63.8 cm³/mol. The van der Waals surface area contributed by atoms with E-state index in [9.17, 15) is 4.79 Å². The molecule has 0 aromatic carbocycles. The summed E-state index contributed by atoms with van der Waals surface area (Å²) in [7, 11) is 0. The molecule has 0 unspecified atom stereocenters. The molecule has 2 atom stereocenters. The second-order valence-corrected chi connectivity index (χ2v) is 6.26. The molecule has 0 aromatic rings. The molecule has 0 spiro atoms. The summed E-state index contributed by atoms with van der Waals surface area (Å²) in [4.78, 5) is 14.4. The number of hydrogen-bond acceptors (Lipinski definition) is 2. The first-order chi connectivity index (χ1) is 6.73. The number of nitrogens with zero attached hydrogens (tertiary/aromatic N) is 1. The molecule has 1 heterocycles. The fourth-order valence-electron chi connectivity index (χ4n) is 2.68. The van der Waals surface area contributed by atoms with Crippen molar-refractivity contribution in [3.05, 3.63) is 0 Å². The minimum atomic E-state index is 0.117. The van der Waals surface area contributed by atoms with Gasteiger partial charge in [0.15, 0.2) is 0 Å². The maximum absolute atomic E-state index is 12.1. The molecule has 0 saturated carbocycles. The van der Waals surface area contributed by atoms with E-state index in [1.165, 1.54) is 0 Å². The summed E-state index contributed by atoms with van der Waals surface area (Å²) in [5, 5.41) is 0. The second-order valence-electron chi connectivity index (χ2n) is 6.26. The Morgan fingerprint density at radius 1 is 1.33 bits per heavy atom.